The Morgan fingerprint density at radius 3 is 2.29 bits per heavy atom. The minimum Gasteiger partial charge on any atom is -0.465 e. The van der Waals surface area contributed by atoms with Crippen LogP contribution in [0.1, 0.15) is 46.6 Å². The molecule has 0 aliphatic carbocycles. The molecule has 0 radical (unpaired) electrons. The van der Waals surface area contributed by atoms with Crippen LogP contribution < -0.4 is 4.74 Å². The Hall–Kier alpha value is -1.54. The molecule has 0 bridgehead atoms. The van der Waals surface area contributed by atoms with Gasteiger partial charge in [-0.05, 0) is 42.7 Å². The second-order valence-electron chi connectivity index (χ2n) is 6.04. The summed E-state index contributed by atoms with van der Waals surface area (Å²) < 4.78 is 11.4. The van der Waals surface area contributed by atoms with Crippen molar-refractivity contribution in [1.82, 2.24) is 0 Å². The first-order valence-corrected chi connectivity index (χ1v) is 7.80. The smallest absolute Gasteiger partial charge is 0.196 e. The molecule has 0 N–H and O–H groups in total. The Bertz CT molecular complexity index is 602. The molecule has 0 amide bonds. The van der Waals surface area contributed by atoms with Crippen LogP contribution in [0.15, 0.2) is 36.4 Å². The molecule has 2 heteroatoms. The molecule has 0 fully saturated rings. The van der Waals surface area contributed by atoms with Gasteiger partial charge in [0, 0.05) is 12.0 Å². The third-order valence-corrected chi connectivity index (χ3v) is 4.19. The maximum Gasteiger partial charge on any atom is 0.196 e. The third kappa shape index (κ3) is 3.38. The van der Waals surface area contributed by atoms with E-state index >= 15 is 0 Å². The number of hydrogen-bond donors (Lipinski definition) is 0. The third-order valence-electron chi connectivity index (χ3n) is 4.19. The van der Waals surface area contributed by atoms with Crippen molar-refractivity contribution >= 4 is 10.8 Å². The van der Waals surface area contributed by atoms with Crippen LogP contribution in [0.3, 0.4) is 0 Å². The Morgan fingerprint density at radius 2 is 1.67 bits per heavy atom. The van der Waals surface area contributed by atoms with E-state index in [0.29, 0.717) is 6.61 Å². The lowest BCUT2D eigenvalue weighted by Crippen LogP contribution is -2.18. The highest BCUT2D eigenvalue weighted by Crippen LogP contribution is 2.37. The van der Waals surface area contributed by atoms with E-state index in [1.165, 1.54) is 10.9 Å². The molecule has 2 rings (SSSR count). The van der Waals surface area contributed by atoms with Crippen LogP contribution in [-0.4, -0.2) is 12.9 Å². The predicted octanol–water partition coefficient (Wildman–Crippen LogP) is 5.29. The molecule has 0 saturated heterocycles. The fraction of sp³-hybridized carbons (Fsp3) is 0.474. The predicted molar refractivity (Wildman–Crippen MR) is 89.0 cm³/mol. The zero-order chi connectivity index (χ0) is 15.5. The van der Waals surface area contributed by atoms with Crippen LogP contribution in [-0.2, 0) is 10.2 Å². The average molecular weight is 286 g/mol. The quantitative estimate of drug-likeness (QED) is 0.672. The lowest BCUT2D eigenvalue weighted by Gasteiger charge is -2.26. The van der Waals surface area contributed by atoms with Gasteiger partial charge in [0.15, 0.2) is 6.29 Å². The molecule has 2 aromatic rings. The van der Waals surface area contributed by atoms with Crippen LogP contribution in [0, 0.1) is 0 Å². The van der Waals surface area contributed by atoms with E-state index in [-0.39, 0.29) is 11.7 Å². The van der Waals surface area contributed by atoms with Crippen LogP contribution in [0.4, 0.5) is 0 Å². The van der Waals surface area contributed by atoms with Gasteiger partial charge in [0.05, 0.1) is 0 Å². The fourth-order valence-electron chi connectivity index (χ4n) is 2.60. The molecule has 21 heavy (non-hydrogen) atoms. The van der Waals surface area contributed by atoms with E-state index in [0.717, 1.165) is 17.6 Å². The number of rotatable bonds is 6. The van der Waals surface area contributed by atoms with Crippen molar-refractivity contribution in [3.63, 3.8) is 0 Å². The number of fused-ring (bicyclic) bond motifs is 1. The molecule has 0 aromatic heterocycles. The summed E-state index contributed by atoms with van der Waals surface area (Å²) in [5.41, 5.74) is 1.53. The highest BCUT2D eigenvalue weighted by Gasteiger charge is 2.21. The average Bonchev–Trinajstić information content (AvgIpc) is 2.47. The molecule has 114 valence electrons. The SMILES string of the molecule is CCOC(C)Oc1ccc(C(C)(C)CC)c2ccccc12. The molecule has 2 aromatic carbocycles. The number of benzene rings is 2. The first-order valence-electron chi connectivity index (χ1n) is 7.80. The lowest BCUT2D eigenvalue weighted by atomic mass is 9.79. The largest absolute Gasteiger partial charge is 0.465 e. The van der Waals surface area contributed by atoms with E-state index in [4.69, 9.17) is 9.47 Å². The summed E-state index contributed by atoms with van der Waals surface area (Å²) in [5, 5.41) is 2.42. The lowest BCUT2D eigenvalue weighted by molar-refractivity contribution is -0.0605. The Balaban J connectivity index is 2.50. The van der Waals surface area contributed by atoms with Gasteiger partial charge < -0.3 is 9.47 Å². The molecule has 0 heterocycles. The number of ether oxygens (including phenoxy) is 2. The van der Waals surface area contributed by atoms with E-state index in [1.54, 1.807) is 0 Å². The van der Waals surface area contributed by atoms with Gasteiger partial charge in [-0.15, -0.1) is 0 Å². The topological polar surface area (TPSA) is 18.5 Å². The van der Waals surface area contributed by atoms with Crippen molar-refractivity contribution in [3.05, 3.63) is 42.0 Å². The summed E-state index contributed by atoms with van der Waals surface area (Å²) in [5.74, 6) is 0.891. The summed E-state index contributed by atoms with van der Waals surface area (Å²) >= 11 is 0. The van der Waals surface area contributed by atoms with Crippen molar-refractivity contribution < 1.29 is 9.47 Å². The maximum atomic E-state index is 5.95. The Labute approximate surface area is 128 Å². The highest BCUT2D eigenvalue weighted by atomic mass is 16.7. The van der Waals surface area contributed by atoms with Crippen LogP contribution in [0.5, 0.6) is 5.75 Å². The summed E-state index contributed by atoms with van der Waals surface area (Å²) in [4.78, 5) is 0. The van der Waals surface area contributed by atoms with Gasteiger partial charge in [0.2, 0.25) is 0 Å². The second kappa shape index (κ2) is 6.48. The van der Waals surface area contributed by atoms with E-state index in [2.05, 4.69) is 57.2 Å². The van der Waals surface area contributed by atoms with Crippen molar-refractivity contribution in [2.24, 2.45) is 0 Å². The van der Waals surface area contributed by atoms with E-state index < -0.39 is 0 Å². The van der Waals surface area contributed by atoms with Gasteiger partial charge in [-0.25, -0.2) is 0 Å². The highest BCUT2D eigenvalue weighted by molar-refractivity contribution is 5.91. The fourth-order valence-corrected chi connectivity index (χ4v) is 2.60. The summed E-state index contributed by atoms with van der Waals surface area (Å²) in [7, 11) is 0. The van der Waals surface area contributed by atoms with Crippen molar-refractivity contribution in [2.45, 2.75) is 52.7 Å². The standard InChI is InChI=1S/C19H26O2/c1-6-19(4,5)17-12-13-18(21-14(3)20-7-2)16-11-9-8-10-15(16)17/h8-14H,6-7H2,1-5H3. The van der Waals surface area contributed by atoms with Crippen molar-refractivity contribution in [2.75, 3.05) is 6.61 Å². The van der Waals surface area contributed by atoms with Crippen LogP contribution >= 0.6 is 0 Å². The summed E-state index contributed by atoms with van der Waals surface area (Å²) in [6.45, 7) is 11.4. The Kier molecular flexibility index (Phi) is 4.89. The molecule has 1 atom stereocenters. The number of hydrogen-bond acceptors (Lipinski definition) is 2. The van der Waals surface area contributed by atoms with Crippen molar-refractivity contribution in [1.29, 1.82) is 0 Å². The van der Waals surface area contributed by atoms with Gasteiger partial charge in [-0.1, -0.05) is 51.1 Å². The van der Waals surface area contributed by atoms with Gasteiger partial charge >= 0.3 is 0 Å². The second-order valence-corrected chi connectivity index (χ2v) is 6.04. The van der Waals surface area contributed by atoms with Crippen molar-refractivity contribution in [3.8, 4) is 5.75 Å². The maximum absolute atomic E-state index is 5.95. The van der Waals surface area contributed by atoms with Gasteiger partial charge in [-0.2, -0.15) is 0 Å². The molecule has 0 aliphatic heterocycles. The molecule has 0 saturated carbocycles. The van der Waals surface area contributed by atoms with Gasteiger partial charge in [-0.3, -0.25) is 0 Å². The normalized spacial score (nSPS) is 13.4. The molecular formula is C19H26O2. The van der Waals surface area contributed by atoms with E-state index in [1.807, 2.05) is 13.8 Å². The minimum absolute atomic E-state index is 0.156. The summed E-state index contributed by atoms with van der Waals surface area (Å²) in [6, 6.07) is 12.7. The molecule has 1 unspecified atom stereocenters. The molecule has 2 nitrogen and oxygen atoms in total. The van der Waals surface area contributed by atoms with E-state index in [9.17, 15) is 0 Å². The van der Waals surface area contributed by atoms with Gasteiger partial charge in [0.1, 0.15) is 5.75 Å². The Morgan fingerprint density at radius 1 is 1.00 bits per heavy atom. The van der Waals surface area contributed by atoms with Crippen LogP contribution in [0.25, 0.3) is 10.8 Å². The zero-order valence-corrected chi connectivity index (χ0v) is 13.8. The first-order chi connectivity index (χ1) is 9.99. The monoisotopic (exact) mass is 286 g/mol. The minimum atomic E-state index is -0.233. The molecule has 0 spiro atoms. The van der Waals surface area contributed by atoms with Crippen LogP contribution in [0.2, 0.25) is 0 Å². The van der Waals surface area contributed by atoms with Gasteiger partial charge in [0.25, 0.3) is 0 Å². The molecule has 0 aliphatic rings. The summed E-state index contributed by atoms with van der Waals surface area (Å²) in [6.07, 6.45) is 0.871. The zero-order valence-electron chi connectivity index (χ0n) is 13.8. The molecular weight excluding hydrogens is 260 g/mol. The first kappa shape index (κ1) is 15.8.